The number of aromatic nitrogens is 3. The van der Waals surface area contributed by atoms with Crippen molar-refractivity contribution in [1.82, 2.24) is 13.4 Å². The summed E-state index contributed by atoms with van der Waals surface area (Å²) in [7, 11) is 0. The third kappa shape index (κ3) is 2.47. The molecule has 0 unspecified atom stereocenters. The number of aromatic hydroxyl groups is 1. The molecule has 0 saturated heterocycles. The number of hydrogen-bond acceptors (Lipinski definition) is 6. The first-order chi connectivity index (χ1) is 8.63. The van der Waals surface area contributed by atoms with Crippen LogP contribution in [0.3, 0.4) is 0 Å². The molecule has 0 radical (unpaired) electrons. The molecule has 7 nitrogen and oxygen atoms in total. The standard InChI is InChI=1S/C10H10N3O4.Ag/c1-2-16-8(14)5-17-7-4-3-6-9(10(7)15)12-13-11-6;/h3-4H,2,5H2,1H3,(H-,11,12,13,15);/q-1;+1. The van der Waals surface area contributed by atoms with Gasteiger partial charge in [0.15, 0.2) is 0 Å². The molecule has 0 aliphatic rings. The predicted molar refractivity (Wildman–Crippen MR) is 56.7 cm³/mol. The predicted octanol–water partition coefficient (Wildman–Crippen LogP) is 0.389. The zero-order valence-corrected chi connectivity index (χ0v) is 10.9. The van der Waals surface area contributed by atoms with Gasteiger partial charge in [0.1, 0.15) is 0 Å². The molecule has 1 heterocycles. The molecule has 0 bridgehead atoms. The molecule has 2 aromatic rings. The number of phenolic OH excluding ortho intramolecular Hbond substituents is 1. The second-order valence-corrected chi connectivity index (χ2v) is 3.92. The molecule has 0 aliphatic carbocycles. The van der Waals surface area contributed by atoms with E-state index in [0.29, 0.717) is 5.52 Å². The van der Waals surface area contributed by atoms with Crippen LogP contribution < -0.4 is 4.74 Å². The topological polar surface area (TPSA) is 86.5 Å². The summed E-state index contributed by atoms with van der Waals surface area (Å²) in [6, 6.07) is 3.18. The van der Waals surface area contributed by atoms with Gasteiger partial charge in [0.2, 0.25) is 0 Å². The van der Waals surface area contributed by atoms with Crippen molar-refractivity contribution >= 4 is 17.0 Å². The first-order valence-electron chi connectivity index (χ1n) is 5.12. The molecular formula is C10H10AgN3O4. The number of benzene rings is 1. The summed E-state index contributed by atoms with van der Waals surface area (Å²) in [5, 5.41) is 17.4. The average molecular weight is 344 g/mol. The molecular weight excluding hydrogens is 334 g/mol. The zero-order valence-electron chi connectivity index (χ0n) is 9.38. The Morgan fingerprint density at radius 1 is 1.56 bits per heavy atom. The number of phenols is 1. The fourth-order valence-corrected chi connectivity index (χ4v) is 1.70. The van der Waals surface area contributed by atoms with E-state index in [9.17, 15) is 9.90 Å². The van der Waals surface area contributed by atoms with Crippen molar-refractivity contribution in [2.45, 2.75) is 6.92 Å². The summed E-state index contributed by atoms with van der Waals surface area (Å²) in [4.78, 5) is 11.1. The summed E-state index contributed by atoms with van der Waals surface area (Å²) in [6.45, 7) is 1.72. The summed E-state index contributed by atoms with van der Waals surface area (Å²) in [5.41, 5.74) is 0.877. The first kappa shape index (κ1) is 12.9. The minimum atomic E-state index is -0.499. The Kier molecular flexibility index (Phi) is 3.85. The van der Waals surface area contributed by atoms with E-state index < -0.39 is 5.97 Å². The van der Waals surface area contributed by atoms with Crippen molar-refractivity contribution in [3.8, 4) is 11.5 Å². The second-order valence-electron chi connectivity index (χ2n) is 3.29. The van der Waals surface area contributed by atoms with Crippen LogP contribution in [0.4, 0.5) is 0 Å². The summed E-state index contributed by atoms with van der Waals surface area (Å²) < 4.78 is 11.2. The van der Waals surface area contributed by atoms with Crippen molar-refractivity contribution < 1.29 is 40.7 Å². The third-order valence-corrected chi connectivity index (χ3v) is 2.63. The van der Waals surface area contributed by atoms with E-state index in [4.69, 9.17) is 9.47 Å². The van der Waals surface area contributed by atoms with Crippen molar-refractivity contribution in [1.29, 1.82) is 0 Å². The van der Waals surface area contributed by atoms with Gasteiger partial charge in [-0.2, -0.15) is 0 Å². The fourth-order valence-electron chi connectivity index (χ4n) is 1.37. The van der Waals surface area contributed by atoms with Crippen LogP contribution >= 0.6 is 0 Å². The molecule has 8 heteroatoms. The van der Waals surface area contributed by atoms with Crippen LogP contribution in [0.15, 0.2) is 12.1 Å². The average Bonchev–Trinajstić information content (AvgIpc) is 2.72. The van der Waals surface area contributed by atoms with Crippen molar-refractivity contribution in [2.24, 2.45) is 0 Å². The van der Waals surface area contributed by atoms with Gasteiger partial charge in [0.05, 0.1) is 0 Å². The fraction of sp³-hybridized carbons (Fsp3) is 0.300. The number of esters is 1. The molecule has 100 valence electrons. The number of fused-ring (bicyclic) bond motifs is 1. The van der Waals surface area contributed by atoms with Gasteiger partial charge in [0, 0.05) is 0 Å². The maximum atomic E-state index is 11.1. The van der Waals surface area contributed by atoms with E-state index >= 15 is 0 Å². The molecule has 0 amide bonds. The van der Waals surface area contributed by atoms with Crippen LogP contribution in [0, 0.1) is 0 Å². The molecule has 18 heavy (non-hydrogen) atoms. The quantitative estimate of drug-likeness (QED) is 0.638. The van der Waals surface area contributed by atoms with Crippen LogP contribution in [0.1, 0.15) is 6.92 Å². The first-order valence-corrected chi connectivity index (χ1v) is 5.78. The molecule has 0 spiro atoms. The number of hydrogen-bond donors (Lipinski definition) is 1. The van der Waals surface area contributed by atoms with Crippen LogP contribution in [0.25, 0.3) is 11.0 Å². The maximum absolute atomic E-state index is 11.1. The van der Waals surface area contributed by atoms with Crippen LogP contribution in [0.5, 0.6) is 11.5 Å². The van der Waals surface area contributed by atoms with E-state index in [1.54, 1.807) is 13.0 Å². The Bertz CT molecular complexity index is 584. The monoisotopic (exact) mass is 343 g/mol. The normalized spacial score (nSPS) is 10.6. The Hall–Kier alpha value is -1.57. The molecule has 0 saturated carbocycles. The van der Waals surface area contributed by atoms with E-state index in [2.05, 4.69) is 31.6 Å². The molecule has 2 rings (SSSR count). The Morgan fingerprint density at radius 2 is 2.33 bits per heavy atom. The van der Waals surface area contributed by atoms with Crippen LogP contribution in [-0.4, -0.2) is 37.7 Å². The van der Waals surface area contributed by atoms with E-state index in [0.717, 1.165) is 0 Å². The summed E-state index contributed by atoms with van der Waals surface area (Å²) in [5.74, 6) is -0.508. The number of carbonyl (C=O) groups excluding carboxylic acids is 1. The van der Waals surface area contributed by atoms with Gasteiger partial charge in [0.25, 0.3) is 0 Å². The Morgan fingerprint density at radius 3 is 3.06 bits per heavy atom. The number of nitrogens with zero attached hydrogens (tertiary/aromatic N) is 3. The summed E-state index contributed by atoms with van der Waals surface area (Å²) in [6.07, 6.45) is 0. The molecule has 0 aliphatic heterocycles. The van der Waals surface area contributed by atoms with Gasteiger partial charge in [-0.3, -0.25) is 0 Å². The van der Waals surface area contributed by atoms with Gasteiger partial charge >= 0.3 is 115 Å². The van der Waals surface area contributed by atoms with Gasteiger partial charge in [-0.05, 0) is 0 Å². The third-order valence-electron chi connectivity index (χ3n) is 2.14. The molecule has 0 atom stereocenters. The Labute approximate surface area is 115 Å². The van der Waals surface area contributed by atoms with Gasteiger partial charge in [-0.1, -0.05) is 0 Å². The number of ether oxygens (including phenoxy) is 2. The van der Waals surface area contributed by atoms with Crippen LogP contribution in [0.2, 0.25) is 0 Å². The molecule has 1 aromatic heterocycles. The SMILES string of the molecule is CCOC(=O)COc1ccc2c(nn[n]2[Ag])c1O. The van der Waals surface area contributed by atoms with Gasteiger partial charge in [-0.15, -0.1) is 0 Å². The van der Waals surface area contributed by atoms with Gasteiger partial charge < -0.3 is 0 Å². The van der Waals surface area contributed by atoms with E-state index in [1.807, 2.05) is 0 Å². The van der Waals surface area contributed by atoms with E-state index in [-0.39, 0.29) is 30.2 Å². The number of carbonyl (C=O) groups is 1. The van der Waals surface area contributed by atoms with E-state index in [1.165, 1.54) is 9.15 Å². The van der Waals surface area contributed by atoms with Crippen molar-refractivity contribution in [2.75, 3.05) is 13.2 Å². The molecule has 0 fully saturated rings. The van der Waals surface area contributed by atoms with Crippen LogP contribution in [-0.2, 0) is 30.9 Å². The van der Waals surface area contributed by atoms with Crippen molar-refractivity contribution in [3.05, 3.63) is 12.1 Å². The molecule has 1 N–H and O–H groups in total. The van der Waals surface area contributed by atoms with Crippen molar-refractivity contribution in [3.63, 3.8) is 0 Å². The number of rotatable bonds is 4. The Balaban J connectivity index is 2.19. The van der Waals surface area contributed by atoms with Gasteiger partial charge in [-0.25, -0.2) is 0 Å². The summed E-state index contributed by atoms with van der Waals surface area (Å²) >= 11 is 3.14. The zero-order chi connectivity index (χ0) is 13.1. The molecule has 1 aromatic carbocycles. The minimum absolute atomic E-state index is 0.156. The second kappa shape index (κ2) is 5.38.